The van der Waals surface area contributed by atoms with Gasteiger partial charge in [0.25, 0.3) is 0 Å². The Kier molecular flexibility index (Phi) is 2.83. The van der Waals surface area contributed by atoms with Gasteiger partial charge in [0.1, 0.15) is 17.2 Å². The fraction of sp³-hybridized carbons (Fsp3) is 0.0909. The Labute approximate surface area is 92.7 Å². The van der Waals surface area contributed by atoms with E-state index in [2.05, 4.69) is 9.97 Å². The van der Waals surface area contributed by atoms with Crippen molar-refractivity contribution in [3.05, 3.63) is 47.4 Å². The summed E-state index contributed by atoms with van der Waals surface area (Å²) in [6.07, 6.45) is 1.37. The number of nitrogens with zero attached hydrogens (tertiary/aromatic N) is 2. The third kappa shape index (κ3) is 2.67. The van der Waals surface area contributed by atoms with Gasteiger partial charge in [-0.1, -0.05) is 23.7 Å². The van der Waals surface area contributed by atoms with E-state index in [1.807, 2.05) is 31.2 Å². The number of hydrogen-bond acceptors (Lipinski definition) is 3. The molecular formula is C11H9ClN2O. The standard InChI is InChI=1S/C11H9ClN2O/c1-8-3-2-4-9(5-8)15-11-6-10(12)13-7-14-11/h2-7H,1H3. The van der Waals surface area contributed by atoms with Crippen molar-refractivity contribution in [2.24, 2.45) is 0 Å². The largest absolute Gasteiger partial charge is 0.439 e. The summed E-state index contributed by atoms with van der Waals surface area (Å²) in [5, 5.41) is 0.368. The molecule has 76 valence electrons. The van der Waals surface area contributed by atoms with Crippen molar-refractivity contribution in [2.45, 2.75) is 6.92 Å². The van der Waals surface area contributed by atoms with Gasteiger partial charge in [-0.3, -0.25) is 0 Å². The third-order valence-electron chi connectivity index (χ3n) is 1.82. The Hall–Kier alpha value is -1.61. The first-order valence-corrected chi connectivity index (χ1v) is 4.84. The van der Waals surface area contributed by atoms with Gasteiger partial charge in [0.05, 0.1) is 0 Å². The van der Waals surface area contributed by atoms with Crippen LogP contribution in [0, 0.1) is 6.92 Å². The molecule has 1 heterocycles. The lowest BCUT2D eigenvalue weighted by molar-refractivity contribution is 0.461. The Morgan fingerprint density at radius 1 is 1.20 bits per heavy atom. The molecule has 0 aliphatic rings. The molecule has 0 spiro atoms. The van der Waals surface area contributed by atoms with E-state index < -0.39 is 0 Å². The van der Waals surface area contributed by atoms with Crippen LogP contribution in [-0.2, 0) is 0 Å². The van der Waals surface area contributed by atoms with Crippen LogP contribution in [0.25, 0.3) is 0 Å². The second kappa shape index (κ2) is 4.28. The Bertz CT molecular complexity index is 430. The number of aryl methyl sites for hydroxylation is 1. The normalized spacial score (nSPS) is 10.0. The van der Waals surface area contributed by atoms with Crippen molar-refractivity contribution in [2.75, 3.05) is 0 Å². The highest BCUT2D eigenvalue weighted by Gasteiger charge is 1.99. The van der Waals surface area contributed by atoms with Gasteiger partial charge < -0.3 is 4.74 Å². The molecule has 0 saturated carbocycles. The first-order valence-electron chi connectivity index (χ1n) is 4.46. The number of halogens is 1. The van der Waals surface area contributed by atoms with Gasteiger partial charge >= 0.3 is 0 Å². The van der Waals surface area contributed by atoms with Crippen LogP contribution in [0.2, 0.25) is 5.15 Å². The minimum atomic E-state index is 0.368. The van der Waals surface area contributed by atoms with Crippen LogP contribution < -0.4 is 4.74 Å². The van der Waals surface area contributed by atoms with E-state index in [-0.39, 0.29) is 0 Å². The molecule has 0 amide bonds. The Morgan fingerprint density at radius 2 is 2.07 bits per heavy atom. The average Bonchev–Trinajstić information content (AvgIpc) is 2.17. The van der Waals surface area contributed by atoms with Crippen LogP contribution in [0.4, 0.5) is 0 Å². The lowest BCUT2D eigenvalue weighted by Gasteiger charge is -2.04. The molecule has 2 rings (SSSR count). The zero-order chi connectivity index (χ0) is 10.7. The first kappa shape index (κ1) is 9.93. The molecule has 0 saturated heterocycles. The zero-order valence-corrected chi connectivity index (χ0v) is 8.90. The van der Waals surface area contributed by atoms with Crippen LogP contribution in [0.15, 0.2) is 36.7 Å². The van der Waals surface area contributed by atoms with Crippen molar-refractivity contribution < 1.29 is 4.74 Å². The summed E-state index contributed by atoms with van der Waals surface area (Å²) in [6.45, 7) is 2.00. The summed E-state index contributed by atoms with van der Waals surface area (Å²) >= 11 is 5.71. The summed E-state index contributed by atoms with van der Waals surface area (Å²) in [4.78, 5) is 7.72. The van der Waals surface area contributed by atoms with Crippen molar-refractivity contribution >= 4 is 11.6 Å². The summed E-state index contributed by atoms with van der Waals surface area (Å²) in [5.74, 6) is 1.19. The van der Waals surface area contributed by atoms with Crippen molar-refractivity contribution in [1.82, 2.24) is 9.97 Å². The minimum absolute atomic E-state index is 0.368. The number of aromatic nitrogens is 2. The molecule has 0 aliphatic heterocycles. The predicted octanol–water partition coefficient (Wildman–Crippen LogP) is 3.23. The molecule has 0 N–H and O–H groups in total. The van der Waals surface area contributed by atoms with Gasteiger partial charge in [-0.05, 0) is 24.6 Å². The highest BCUT2D eigenvalue weighted by molar-refractivity contribution is 6.29. The molecule has 3 nitrogen and oxygen atoms in total. The third-order valence-corrected chi connectivity index (χ3v) is 2.03. The molecule has 1 aromatic heterocycles. The van der Waals surface area contributed by atoms with Gasteiger partial charge in [0.2, 0.25) is 5.88 Å². The van der Waals surface area contributed by atoms with Crippen LogP contribution in [-0.4, -0.2) is 9.97 Å². The summed E-state index contributed by atoms with van der Waals surface area (Å²) in [7, 11) is 0. The minimum Gasteiger partial charge on any atom is -0.439 e. The first-order chi connectivity index (χ1) is 7.24. The van der Waals surface area contributed by atoms with E-state index in [1.165, 1.54) is 6.33 Å². The summed E-state index contributed by atoms with van der Waals surface area (Å²) in [5.41, 5.74) is 1.13. The summed E-state index contributed by atoms with van der Waals surface area (Å²) in [6, 6.07) is 9.29. The highest BCUT2D eigenvalue weighted by atomic mass is 35.5. The molecule has 0 aliphatic carbocycles. The molecule has 0 fully saturated rings. The van der Waals surface area contributed by atoms with Gasteiger partial charge in [-0.15, -0.1) is 0 Å². The zero-order valence-electron chi connectivity index (χ0n) is 8.14. The highest BCUT2D eigenvalue weighted by Crippen LogP contribution is 2.21. The monoisotopic (exact) mass is 220 g/mol. The Balaban J connectivity index is 2.22. The Morgan fingerprint density at radius 3 is 2.80 bits per heavy atom. The maximum Gasteiger partial charge on any atom is 0.223 e. The van der Waals surface area contributed by atoms with Gasteiger partial charge in [0, 0.05) is 6.07 Å². The lowest BCUT2D eigenvalue weighted by atomic mass is 10.2. The molecule has 0 radical (unpaired) electrons. The molecule has 1 aromatic carbocycles. The van der Waals surface area contributed by atoms with Crippen molar-refractivity contribution in [1.29, 1.82) is 0 Å². The van der Waals surface area contributed by atoms with E-state index in [0.29, 0.717) is 11.0 Å². The quantitative estimate of drug-likeness (QED) is 0.729. The SMILES string of the molecule is Cc1cccc(Oc2cc(Cl)ncn2)c1. The van der Waals surface area contributed by atoms with E-state index in [4.69, 9.17) is 16.3 Å². The number of rotatable bonds is 2. The topological polar surface area (TPSA) is 35.0 Å². The maximum absolute atomic E-state index is 5.71. The van der Waals surface area contributed by atoms with Crippen LogP contribution >= 0.6 is 11.6 Å². The average molecular weight is 221 g/mol. The number of hydrogen-bond donors (Lipinski definition) is 0. The van der Waals surface area contributed by atoms with Crippen LogP contribution in [0.1, 0.15) is 5.56 Å². The molecule has 2 aromatic rings. The van der Waals surface area contributed by atoms with Crippen molar-refractivity contribution in [3.63, 3.8) is 0 Å². The van der Waals surface area contributed by atoms with Crippen LogP contribution in [0.3, 0.4) is 0 Å². The van der Waals surface area contributed by atoms with E-state index in [1.54, 1.807) is 6.07 Å². The molecule has 0 unspecified atom stereocenters. The van der Waals surface area contributed by atoms with Gasteiger partial charge in [0.15, 0.2) is 0 Å². The lowest BCUT2D eigenvalue weighted by Crippen LogP contribution is -1.89. The molecule has 15 heavy (non-hydrogen) atoms. The second-order valence-electron chi connectivity index (χ2n) is 3.10. The fourth-order valence-electron chi connectivity index (χ4n) is 1.17. The summed E-state index contributed by atoms with van der Waals surface area (Å²) < 4.78 is 5.50. The van der Waals surface area contributed by atoms with Crippen molar-refractivity contribution in [3.8, 4) is 11.6 Å². The second-order valence-corrected chi connectivity index (χ2v) is 3.48. The number of benzene rings is 1. The van der Waals surface area contributed by atoms with Gasteiger partial charge in [-0.25, -0.2) is 9.97 Å². The fourth-order valence-corrected chi connectivity index (χ4v) is 1.31. The molecule has 0 atom stereocenters. The maximum atomic E-state index is 5.71. The van der Waals surface area contributed by atoms with Gasteiger partial charge in [-0.2, -0.15) is 0 Å². The number of ether oxygens (including phenoxy) is 1. The van der Waals surface area contributed by atoms with E-state index >= 15 is 0 Å². The molecule has 4 heteroatoms. The van der Waals surface area contributed by atoms with E-state index in [0.717, 1.165) is 11.3 Å². The van der Waals surface area contributed by atoms with Crippen LogP contribution in [0.5, 0.6) is 11.6 Å². The predicted molar refractivity (Wildman–Crippen MR) is 58.3 cm³/mol. The van der Waals surface area contributed by atoms with E-state index in [9.17, 15) is 0 Å². The molecule has 0 bridgehead atoms. The smallest absolute Gasteiger partial charge is 0.223 e. The molecular weight excluding hydrogens is 212 g/mol.